The number of esters is 1. The molecule has 0 aliphatic rings. The zero-order valence-corrected chi connectivity index (χ0v) is 13.5. The highest BCUT2D eigenvalue weighted by atomic mass is 35.5. The molecule has 2 N–H and O–H groups in total. The van der Waals surface area contributed by atoms with Crippen molar-refractivity contribution in [1.29, 1.82) is 0 Å². The third-order valence-corrected chi connectivity index (χ3v) is 3.54. The molecule has 1 rings (SSSR count). The predicted molar refractivity (Wildman–Crippen MR) is 83.6 cm³/mol. The molecule has 0 aliphatic heterocycles. The molecule has 2 atom stereocenters. The van der Waals surface area contributed by atoms with Crippen molar-refractivity contribution in [3.63, 3.8) is 0 Å². The van der Waals surface area contributed by atoms with Crippen LogP contribution in [0.25, 0.3) is 0 Å². The summed E-state index contributed by atoms with van der Waals surface area (Å²) in [7, 11) is 0. The quantitative estimate of drug-likeness (QED) is 0.819. The van der Waals surface area contributed by atoms with Gasteiger partial charge in [-0.25, -0.2) is 4.79 Å². The third kappa shape index (κ3) is 4.93. The molecule has 21 heavy (non-hydrogen) atoms. The van der Waals surface area contributed by atoms with Gasteiger partial charge >= 0.3 is 12.0 Å². The second-order valence-electron chi connectivity index (χ2n) is 4.86. The number of carbonyl (C=O) groups is 2. The molecule has 0 heterocycles. The second-order valence-corrected chi connectivity index (χ2v) is 5.27. The van der Waals surface area contributed by atoms with E-state index in [0.29, 0.717) is 17.3 Å². The lowest BCUT2D eigenvalue weighted by molar-refractivity contribution is -0.148. The lowest BCUT2D eigenvalue weighted by Crippen LogP contribution is -2.42. The van der Waals surface area contributed by atoms with Crippen molar-refractivity contribution in [3.8, 4) is 0 Å². The van der Waals surface area contributed by atoms with Crippen LogP contribution in [0.15, 0.2) is 18.2 Å². The number of anilines is 1. The first kappa shape index (κ1) is 17.3. The van der Waals surface area contributed by atoms with Gasteiger partial charge < -0.3 is 15.4 Å². The summed E-state index contributed by atoms with van der Waals surface area (Å²) in [5.74, 6) is -0.762. The number of aryl methyl sites for hydroxylation is 1. The number of rotatable bonds is 5. The SMILES string of the molecule is CCOC(=O)[C@H](C)[C@@H](C)NC(=O)Nc1c(C)cccc1Cl. The summed E-state index contributed by atoms with van der Waals surface area (Å²) in [5.41, 5.74) is 1.43. The molecular weight excluding hydrogens is 292 g/mol. The van der Waals surface area contributed by atoms with E-state index in [0.717, 1.165) is 5.56 Å². The van der Waals surface area contributed by atoms with Gasteiger partial charge in [-0.05, 0) is 39.3 Å². The summed E-state index contributed by atoms with van der Waals surface area (Å²) in [5, 5.41) is 5.88. The van der Waals surface area contributed by atoms with Crippen LogP contribution < -0.4 is 10.6 Å². The Morgan fingerprint density at radius 2 is 2.00 bits per heavy atom. The van der Waals surface area contributed by atoms with Crippen molar-refractivity contribution in [1.82, 2.24) is 5.32 Å². The minimum atomic E-state index is -0.428. The summed E-state index contributed by atoms with van der Waals surface area (Å²) < 4.78 is 4.93. The highest BCUT2D eigenvalue weighted by molar-refractivity contribution is 6.33. The van der Waals surface area contributed by atoms with E-state index in [4.69, 9.17) is 16.3 Å². The number of para-hydroxylation sites is 1. The van der Waals surface area contributed by atoms with Crippen LogP contribution >= 0.6 is 11.6 Å². The summed E-state index contributed by atoms with van der Waals surface area (Å²) in [6.07, 6.45) is 0. The standard InChI is InChI=1S/C15H21ClN2O3/c1-5-21-14(19)10(3)11(4)17-15(20)18-13-9(2)7-6-8-12(13)16/h6-8,10-11H,5H2,1-4H3,(H2,17,18,20)/t10-,11-/m1/s1. The van der Waals surface area contributed by atoms with Crippen LogP contribution in [0.4, 0.5) is 10.5 Å². The number of hydrogen-bond acceptors (Lipinski definition) is 3. The van der Waals surface area contributed by atoms with E-state index in [-0.39, 0.29) is 12.0 Å². The minimum Gasteiger partial charge on any atom is -0.466 e. The normalized spacial score (nSPS) is 13.2. The molecule has 0 aromatic heterocycles. The maximum Gasteiger partial charge on any atom is 0.319 e. The van der Waals surface area contributed by atoms with Gasteiger partial charge in [0.15, 0.2) is 0 Å². The Kier molecular flexibility index (Phi) is 6.49. The summed E-state index contributed by atoms with van der Waals surface area (Å²) in [6, 6.07) is 4.61. The topological polar surface area (TPSA) is 67.4 Å². The molecule has 0 radical (unpaired) electrons. The molecule has 1 aromatic carbocycles. The van der Waals surface area contributed by atoms with Crippen LogP contribution in [-0.2, 0) is 9.53 Å². The van der Waals surface area contributed by atoms with E-state index in [1.165, 1.54) is 0 Å². The third-order valence-electron chi connectivity index (χ3n) is 3.23. The number of ether oxygens (including phenoxy) is 1. The molecule has 0 spiro atoms. The average Bonchev–Trinajstić information content (AvgIpc) is 2.42. The van der Waals surface area contributed by atoms with Gasteiger partial charge in [-0.2, -0.15) is 0 Å². The summed E-state index contributed by atoms with van der Waals surface area (Å²) >= 11 is 6.05. The molecular formula is C15H21ClN2O3. The van der Waals surface area contributed by atoms with E-state index in [1.807, 2.05) is 19.1 Å². The Bertz CT molecular complexity index is 499. The van der Waals surface area contributed by atoms with Crippen LogP contribution in [0.3, 0.4) is 0 Å². The van der Waals surface area contributed by atoms with Crippen molar-refractivity contribution in [2.75, 3.05) is 11.9 Å². The number of nitrogens with one attached hydrogen (secondary N) is 2. The molecule has 6 heteroatoms. The maximum absolute atomic E-state index is 12.0. The van der Waals surface area contributed by atoms with Gasteiger partial charge in [0, 0.05) is 6.04 Å². The molecule has 0 saturated carbocycles. The fraction of sp³-hybridized carbons (Fsp3) is 0.467. The van der Waals surface area contributed by atoms with Crippen LogP contribution in [0.2, 0.25) is 5.02 Å². The fourth-order valence-corrected chi connectivity index (χ4v) is 2.02. The molecule has 0 unspecified atom stereocenters. The molecule has 5 nitrogen and oxygen atoms in total. The van der Waals surface area contributed by atoms with Gasteiger partial charge in [0.2, 0.25) is 0 Å². The Morgan fingerprint density at radius 1 is 1.33 bits per heavy atom. The van der Waals surface area contributed by atoms with E-state index < -0.39 is 11.9 Å². The number of halogens is 1. The van der Waals surface area contributed by atoms with Crippen molar-refractivity contribution in [3.05, 3.63) is 28.8 Å². The number of hydrogen-bond donors (Lipinski definition) is 2. The second kappa shape index (κ2) is 7.88. The van der Waals surface area contributed by atoms with Crippen molar-refractivity contribution >= 4 is 29.3 Å². The van der Waals surface area contributed by atoms with Gasteiger partial charge in [0.25, 0.3) is 0 Å². The first-order valence-electron chi connectivity index (χ1n) is 6.86. The first-order chi connectivity index (χ1) is 9.86. The predicted octanol–water partition coefficient (Wildman–Crippen LogP) is 3.36. The zero-order valence-electron chi connectivity index (χ0n) is 12.7. The molecule has 2 amide bonds. The van der Waals surface area contributed by atoms with Gasteiger partial charge in [-0.3, -0.25) is 4.79 Å². The zero-order chi connectivity index (χ0) is 16.0. The van der Waals surface area contributed by atoms with Crippen LogP contribution in [0.5, 0.6) is 0 Å². The van der Waals surface area contributed by atoms with E-state index in [2.05, 4.69) is 10.6 Å². The van der Waals surface area contributed by atoms with Gasteiger partial charge in [-0.1, -0.05) is 23.7 Å². The van der Waals surface area contributed by atoms with Gasteiger partial charge in [0.05, 0.1) is 23.2 Å². The Labute approximate surface area is 130 Å². The fourth-order valence-electron chi connectivity index (χ4n) is 1.75. The number of carbonyl (C=O) groups excluding carboxylic acids is 2. The Hall–Kier alpha value is -1.75. The van der Waals surface area contributed by atoms with Crippen molar-refractivity contribution < 1.29 is 14.3 Å². The molecule has 0 saturated heterocycles. The van der Waals surface area contributed by atoms with E-state index in [9.17, 15) is 9.59 Å². The lowest BCUT2D eigenvalue weighted by Gasteiger charge is -2.20. The highest BCUT2D eigenvalue weighted by Crippen LogP contribution is 2.25. The van der Waals surface area contributed by atoms with Crippen molar-refractivity contribution in [2.24, 2.45) is 5.92 Å². The number of urea groups is 1. The van der Waals surface area contributed by atoms with Crippen LogP contribution in [0.1, 0.15) is 26.3 Å². The largest absolute Gasteiger partial charge is 0.466 e. The first-order valence-corrected chi connectivity index (χ1v) is 7.23. The smallest absolute Gasteiger partial charge is 0.319 e. The molecule has 0 bridgehead atoms. The number of benzene rings is 1. The van der Waals surface area contributed by atoms with Crippen LogP contribution in [-0.4, -0.2) is 24.6 Å². The van der Waals surface area contributed by atoms with Crippen LogP contribution in [0, 0.1) is 12.8 Å². The Balaban J connectivity index is 2.63. The summed E-state index contributed by atoms with van der Waals surface area (Å²) in [6.45, 7) is 7.38. The van der Waals surface area contributed by atoms with Crippen molar-refractivity contribution in [2.45, 2.75) is 33.7 Å². The highest BCUT2D eigenvalue weighted by Gasteiger charge is 2.23. The monoisotopic (exact) mass is 312 g/mol. The molecule has 1 aromatic rings. The minimum absolute atomic E-state index is 0.320. The number of amides is 2. The average molecular weight is 313 g/mol. The maximum atomic E-state index is 12.0. The van der Waals surface area contributed by atoms with Gasteiger partial charge in [0.1, 0.15) is 0 Å². The molecule has 0 aliphatic carbocycles. The van der Waals surface area contributed by atoms with E-state index in [1.54, 1.807) is 26.8 Å². The molecule has 116 valence electrons. The molecule has 0 fully saturated rings. The lowest BCUT2D eigenvalue weighted by atomic mass is 10.0. The van der Waals surface area contributed by atoms with Gasteiger partial charge in [-0.15, -0.1) is 0 Å². The Morgan fingerprint density at radius 3 is 2.57 bits per heavy atom. The van der Waals surface area contributed by atoms with E-state index >= 15 is 0 Å². The summed E-state index contributed by atoms with van der Waals surface area (Å²) in [4.78, 5) is 23.6.